The van der Waals surface area contributed by atoms with Crippen molar-refractivity contribution in [1.82, 2.24) is 4.90 Å². The van der Waals surface area contributed by atoms with Gasteiger partial charge >= 0.3 is 5.97 Å². The Morgan fingerprint density at radius 2 is 1.83 bits per heavy atom. The second kappa shape index (κ2) is 7.13. The van der Waals surface area contributed by atoms with Gasteiger partial charge in [-0.15, -0.1) is 0 Å². The van der Waals surface area contributed by atoms with Crippen LogP contribution in [-0.2, 0) is 4.79 Å². The number of aliphatic carboxylic acids is 1. The fourth-order valence-electron chi connectivity index (χ4n) is 3.20. The zero-order valence-electron chi connectivity index (χ0n) is 12.4. The topological polar surface area (TPSA) is 40.5 Å². The number of hydrogen-bond acceptors (Lipinski definition) is 2. The van der Waals surface area contributed by atoms with Gasteiger partial charge in [-0.05, 0) is 44.9 Å². The summed E-state index contributed by atoms with van der Waals surface area (Å²) in [7, 11) is 0. The lowest BCUT2D eigenvalue weighted by atomic mass is 9.89. The molecule has 2 atom stereocenters. The Bertz CT molecular complexity index is 263. The summed E-state index contributed by atoms with van der Waals surface area (Å²) >= 11 is 0. The Labute approximate surface area is 112 Å². The van der Waals surface area contributed by atoms with Crippen molar-refractivity contribution in [3.63, 3.8) is 0 Å². The molecule has 0 aromatic carbocycles. The van der Waals surface area contributed by atoms with E-state index >= 15 is 0 Å². The molecule has 3 heteroatoms. The van der Waals surface area contributed by atoms with Crippen LogP contribution in [0.1, 0.15) is 59.8 Å². The highest BCUT2D eigenvalue weighted by Crippen LogP contribution is 2.31. The average Bonchev–Trinajstić information content (AvgIpc) is 2.50. The molecular formula is C15H29NO2. The first kappa shape index (κ1) is 15.5. The van der Waals surface area contributed by atoms with Crippen LogP contribution in [0.3, 0.4) is 0 Å². The van der Waals surface area contributed by atoms with E-state index in [0.717, 1.165) is 24.7 Å². The summed E-state index contributed by atoms with van der Waals surface area (Å²) in [5, 5.41) is 9.03. The van der Waals surface area contributed by atoms with E-state index in [2.05, 4.69) is 32.6 Å². The number of carboxylic acid groups (broad SMARTS) is 1. The summed E-state index contributed by atoms with van der Waals surface area (Å²) in [6.45, 7) is 9.01. The van der Waals surface area contributed by atoms with Crippen molar-refractivity contribution < 1.29 is 9.90 Å². The molecule has 1 N–H and O–H groups in total. The zero-order chi connectivity index (χ0) is 13.7. The minimum Gasteiger partial charge on any atom is -0.480 e. The molecule has 0 aromatic rings. The van der Waals surface area contributed by atoms with Gasteiger partial charge in [0.25, 0.3) is 0 Å². The number of carboxylic acids is 1. The van der Waals surface area contributed by atoms with Gasteiger partial charge in [-0.3, -0.25) is 9.69 Å². The standard InChI is InChI=1S/C15H29NO2/c1-11(2)13-6-5-7-14(9-8-13)16(12(3)4)10-15(17)18/h11-14H,5-10H2,1-4H3,(H,17,18). The van der Waals surface area contributed by atoms with E-state index in [4.69, 9.17) is 5.11 Å². The van der Waals surface area contributed by atoms with Crippen molar-refractivity contribution in [2.45, 2.75) is 71.9 Å². The third-order valence-electron chi connectivity index (χ3n) is 4.38. The number of carbonyl (C=O) groups is 1. The van der Waals surface area contributed by atoms with Crippen molar-refractivity contribution in [3.05, 3.63) is 0 Å². The van der Waals surface area contributed by atoms with E-state index in [9.17, 15) is 4.79 Å². The molecule has 2 unspecified atom stereocenters. The molecule has 0 radical (unpaired) electrons. The molecule has 1 saturated carbocycles. The lowest BCUT2D eigenvalue weighted by molar-refractivity contribution is -0.139. The van der Waals surface area contributed by atoms with Gasteiger partial charge in [0.2, 0.25) is 0 Å². The highest BCUT2D eigenvalue weighted by atomic mass is 16.4. The Morgan fingerprint density at radius 1 is 1.17 bits per heavy atom. The smallest absolute Gasteiger partial charge is 0.317 e. The maximum atomic E-state index is 11.0. The molecule has 106 valence electrons. The maximum absolute atomic E-state index is 11.0. The molecule has 3 nitrogen and oxygen atoms in total. The maximum Gasteiger partial charge on any atom is 0.317 e. The first-order chi connectivity index (χ1) is 8.41. The third kappa shape index (κ3) is 4.60. The lowest BCUT2D eigenvalue weighted by Crippen LogP contribution is -2.43. The number of nitrogens with zero attached hydrogens (tertiary/aromatic N) is 1. The van der Waals surface area contributed by atoms with Crippen molar-refractivity contribution in [2.24, 2.45) is 11.8 Å². The van der Waals surface area contributed by atoms with Crippen molar-refractivity contribution in [1.29, 1.82) is 0 Å². The molecule has 0 saturated heterocycles. The first-order valence-corrected chi connectivity index (χ1v) is 7.39. The van der Waals surface area contributed by atoms with Crippen LogP contribution in [0, 0.1) is 11.8 Å². The normalized spacial score (nSPS) is 25.7. The summed E-state index contributed by atoms with van der Waals surface area (Å²) in [6, 6.07) is 0.784. The van der Waals surface area contributed by atoms with Gasteiger partial charge in [-0.1, -0.05) is 26.7 Å². The summed E-state index contributed by atoms with van der Waals surface area (Å²) in [4.78, 5) is 13.1. The van der Waals surface area contributed by atoms with Gasteiger partial charge in [-0.25, -0.2) is 0 Å². The Kier molecular flexibility index (Phi) is 6.13. The molecule has 0 heterocycles. The van der Waals surface area contributed by atoms with Crippen molar-refractivity contribution in [2.75, 3.05) is 6.54 Å². The van der Waals surface area contributed by atoms with E-state index in [-0.39, 0.29) is 6.54 Å². The highest BCUT2D eigenvalue weighted by molar-refractivity contribution is 5.69. The Morgan fingerprint density at radius 3 is 2.33 bits per heavy atom. The Balaban J connectivity index is 2.61. The monoisotopic (exact) mass is 255 g/mol. The highest BCUT2D eigenvalue weighted by Gasteiger charge is 2.27. The fraction of sp³-hybridized carbons (Fsp3) is 0.933. The van der Waals surface area contributed by atoms with Crippen LogP contribution in [0.25, 0.3) is 0 Å². The second-order valence-corrected chi connectivity index (χ2v) is 6.33. The summed E-state index contributed by atoms with van der Waals surface area (Å²) < 4.78 is 0. The molecule has 0 amide bonds. The van der Waals surface area contributed by atoms with Crippen LogP contribution in [0.4, 0.5) is 0 Å². The average molecular weight is 255 g/mol. The van der Waals surface area contributed by atoms with Crippen LogP contribution < -0.4 is 0 Å². The van der Waals surface area contributed by atoms with E-state index in [1.54, 1.807) is 0 Å². The molecular weight excluding hydrogens is 226 g/mol. The fourth-order valence-corrected chi connectivity index (χ4v) is 3.20. The van der Waals surface area contributed by atoms with Gasteiger partial charge in [0.05, 0.1) is 6.54 Å². The molecule has 0 bridgehead atoms. The van der Waals surface area contributed by atoms with E-state index in [1.807, 2.05) is 0 Å². The minimum absolute atomic E-state index is 0.189. The number of rotatable bonds is 5. The summed E-state index contributed by atoms with van der Waals surface area (Å²) in [6.07, 6.45) is 6.14. The predicted octanol–water partition coefficient (Wildman–Crippen LogP) is 3.39. The van der Waals surface area contributed by atoms with Crippen molar-refractivity contribution >= 4 is 5.97 Å². The number of hydrogen-bond donors (Lipinski definition) is 1. The quantitative estimate of drug-likeness (QED) is 0.766. The predicted molar refractivity (Wildman–Crippen MR) is 74.7 cm³/mol. The summed E-state index contributed by atoms with van der Waals surface area (Å²) in [5.74, 6) is 0.887. The molecule has 0 spiro atoms. The molecule has 0 aromatic heterocycles. The van der Waals surface area contributed by atoms with Crippen molar-refractivity contribution in [3.8, 4) is 0 Å². The largest absolute Gasteiger partial charge is 0.480 e. The molecule has 1 aliphatic rings. The van der Waals surface area contributed by atoms with Gasteiger partial charge in [0.1, 0.15) is 0 Å². The first-order valence-electron chi connectivity index (χ1n) is 7.39. The molecule has 18 heavy (non-hydrogen) atoms. The van der Waals surface area contributed by atoms with E-state index in [0.29, 0.717) is 12.1 Å². The second-order valence-electron chi connectivity index (χ2n) is 6.33. The zero-order valence-corrected chi connectivity index (χ0v) is 12.4. The molecule has 0 aliphatic heterocycles. The molecule has 1 aliphatic carbocycles. The van der Waals surface area contributed by atoms with Crippen LogP contribution in [0.5, 0.6) is 0 Å². The van der Waals surface area contributed by atoms with Gasteiger partial charge in [0, 0.05) is 12.1 Å². The summed E-state index contributed by atoms with van der Waals surface area (Å²) in [5.41, 5.74) is 0. The SMILES string of the molecule is CC(C)C1CCCC(N(CC(=O)O)C(C)C)CC1. The van der Waals surface area contributed by atoms with Crippen LogP contribution in [0.15, 0.2) is 0 Å². The van der Waals surface area contributed by atoms with Crippen LogP contribution in [0.2, 0.25) is 0 Å². The third-order valence-corrected chi connectivity index (χ3v) is 4.38. The van der Waals surface area contributed by atoms with Gasteiger partial charge < -0.3 is 5.11 Å². The molecule has 1 rings (SSSR count). The van der Waals surface area contributed by atoms with Crippen LogP contribution >= 0.6 is 0 Å². The van der Waals surface area contributed by atoms with Crippen LogP contribution in [-0.4, -0.2) is 34.6 Å². The Hall–Kier alpha value is -0.570. The minimum atomic E-state index is -0.701. The van der Waals surface area contributed by atoms with Gasteiger partial charge in [-0.2, -0.15) is 0 Å². The van der Waals surface area contributed by atoms with E-state index < -0.39 is 5.97 Å². The molecule has 1 fully saturated rings. The lowest BCUT2D eigenvalue weighted by Gasteiger charge is -2.33. The van der Waals surface area contributed by atoms with E-state index in [1.165, 1.54) is 19.3 Å². The van der Waals surface area contributed by atoms with Gasteiger partial charge in [0.15, 0.2) is 0 Å².